The molecule has 0 aliphatic carbocycles. The Bertz CT molecular complexity index is 298. The van der Waals surface area contributed by atoms with Gasteiger partial charge in [0.15, 0.2) is 6.61 Å². The molecule has 0 aromatic rings. The molecule has 1 aliphatic rings. The summed E-state index contributed by atoms with van der Waals surface area (Å²) in [6, 6.07) is 0.0109. The summed E-state index contributed by atoms with van der Waals surface area (Å²) >= 11 is 0. The lowest BCUT2D eigenvalue weighted by Gasteiger charge is -2.29. The number of nitrogens with zero attached hydrogens (tertiary/aromatic N) is 1. The highest BCUT2D eigenvalue weighted by atomic mass is 19.4. The smallest absolute Gasteiger partial charge is 0.449 e. The number of carbonyl (C=O) groups excluding carboxylic acids is 2. The van der Waals surface area contributed by atoms with Crippen molar-refractivity contribution >= 4 is 11.9 Å². The van der Waals surface area contributed by atoms with E-state index < -0.39 is 24.7 Å². The molecule has 0 aromatic heterocycles. The number of ether oxygens (including phenoxy) is 1. The Morgan fingerprint density at radius 1 is 1.29 bits per heavy atom. The predicted molar refractivity (Wildman–Crippen MR) is 50.8 cm³/mol. The van der Waals surface area contributed by atoms with Gasteiger partial charge in [0.25, 0.3) is 5.91 Å². The number of hydrogen-bond donors (Lipinski definition) is 1. The molecule has 0 aromatic carbocycles. The number of piperidine rings is 1. The van der Waals surface area contributed by atoms with Gasteiger partial charge in [-0.15, -0.1) is 0 Å². The summed E-state index contributed by atoms with van der Waals surface area (Å²) in [5, 5.41) is 0. The zero-order valence-corrected chi connectivity index (χ0v) is 9.00. The first kappa shape index (κ1) is 13.8. The van der Waals surface area contributed by atoms with Crippen molar-refractivity contribution in [2.75, 3.05) is 19.7 Å². The van der Waals surface area contributed by atoms with Gasteiger partial charge in [0.1, 0.15) is 0 Å². The fraction of sp³-hybridized carbons (Fsp3) is 0.778. The second-order valence-corrected chi connectivity index (χ2v) is 3.79. The van der Waals surface area contributed by atoms with E-state index in [1.807, 2.05) is 0 Å². The highest BCUT2D eigenvalue weighted by molar-refractivity contribution is 5.82. The first-order valence-corrected chi connectivity index (χ1v) is 5.08. The number of alkyl halides is 3. The van der Waals surface area contributed by atoms with E-state index in [1.165, 1.54) is 4.90 Å². The van der Waals surface area contributed by atoms with Crippen LogP contribution in [0.3, 0.4) is 0 Å². The third-order valence-corrected chi connectivity index (χ3v) is 2.45. The minimum absolute atomic E-state index is 0.0109. The number of nitrogens with two attached hydrogens (primary N) is 1. The summed E-state index contributed by atoms with van der Waals surface area (Å²) in [7, 11) is 0. The summed E-state index contributed by atoms with van der Waals surface area (Å²) in [5.74, 6) is -2.98. The quantitative estimate of drug-likeness (QED) is 0.706. The second-order valence-electron chi connectivity index (χ2n) is 3.79. The molecule has 0 unspecified atom stereocenters. The van der Waals surface area contributed by atoms with Crippen molar-refractivity contribution < 1.29 is 27.5 Å². The molecule has 2 N–H and O–H groups in total. The fourth-order valence-corrected chi connectivity index (χ4v) is 1.45. The maximum absolute atomic E-state index is 11.8. The second kappa shape index (κ2) is 5.35. The first-order chi connectivity index (χ1) is 7.80. The molecule has 17 heavy (non-hydrogen) atoms. The third-order valence-electron chi connectivity index (χ3n) is 2.45. The number of esters is 1. The molecule has 0 saturated carbocycles. The number of halogens is 3. The number of hydrogen-bond acceptors (Lipinski definition) is 4. The first-order valence-electron chi connectivity index (χ1n) is 5.08. The van der Waals surface area contributed by atoms with Gasteiger partial charge in [-0.3, -0.25) is 4.79 Å². The van der Waals surface area contributed by atoms with Gasteiger partial charge in [0, 0.05) is 19.1 Å². The van der Waals surface area contributed by atoms with Gasteiger partial charge < -0.3 is 15.4 Å². The van der Waals surface area contributed by atoms with Crippen molar-refractivity contribution in [3.8, 4) is 0 Å². The van der Waals surface area contributed by atoms with E-state index in [1.54, 1.807) is 0 Å². The van der Waals surface area contributed by atoms with E-state index in [0.717, 1.165) is 0 Å². The van der Waals surface area contributed by atoms with Crippen molar-refractivity contribution in [2.45, 2.75) is 25.1 Å². The van der Waals surface area contributed by atoms with Gasteiger partial charge in [-0.05, 0) is 12.8 Å². The zero-order chi connectivity index (χ0) is 13.1. The van der Waals surface area contributed by atoms with E-state index in [9.17, 15) is 22.8 Å². The number of carbonyl (C=O) groups is 2. The highest BCUT2D eigenvalue weighted by Gasteiger charge is 2.41. The topological polar surface area (TPSA) is 72.6 Å². The molecular formula is C9H13F3N2O3. The van der Waals surface area contributed by atoms with E-state index in [0.29, 0.717) is 25.9 Å². The summed E-state index contributed by atoms with van der Waals surface area (Å²) < 4.78 is 39.2. The van der Waals surface area contributed by atoms with Crippen LogP contribution in [0.4, 0.5) is 13.2 Å². The van der Waals surface area contributed by atoms with Crippen molar-refractivity contribution in [1.82, 2.24) is 4.90 Å². The monoisotopic (exact) mass is 254 g/mol. The minimum atomic E-state index is -5.06. The average Bonchev–Trinajstić information content (AvgIpc) is 2.25. The lowest BCUT2D eigenvalue weighted by molar-refractivity contribution is -0.200. The largest absolute Gasteiger partial charge is 0.490 e. The fourth-order valence-electron chi connectivity index (χ4n) is 1.45. The summed E-state index contributed by atoms with van der Waals surface area (Å²) in [5.41, 5.74) is 5.60. The molecule has 98 valence electrons. The van der Waals surface area contributed by atoms with Crippen molar-refractivity contribution in [3.05, 3.63) is 0 Å². The van der Waals surface area contributed by atoms with Crippen molar-refractivity contribution in [3.63, 3.8) is 0 Å². The van der Waals surface area contributed by atoms with E-state index >= 15 is 0 Å². The Labute approximate surface area is 95.7 Å². The van der Waals surface area contributed by atoms with Crippen molar-refractivity contribution in [2.24, 2.45) is 5.73 Å². The standard InChI is InChI=1S/C9H13F3N2O3/c10-9(11,12)8(16)17-5-7(15)14-3-1-6(13)2-4-14/h6H,1-5,13H2. The van der Waals surface area contributed by atoms with E-state index in [2.05, 4.69) is 4.74 Å². The molecule has 0 atom stereocenters. The Hall–Kier alpha value is -1.31. The molecule has 5 nitrogen and oxygen atoms in total. The van der Waals surface area contributed by atoms with Gasteiger partial charge in [0.05, 0.1) is 0 Å². The predicted octanol–water partition coefficient (Wildman–Crippen LogP) is 0.0416. The molecule has 1 saturated heterocycles. The Morgan fingerprint density at radius 3 is 2.29 bits per heavy atom. The maximum Gasteiger partial charge on any atom is 0.490 e. The van der Waals surface area contributed by atoms with Gasteiger partial charge in [0.2, 0.25) is 0 Å². The Morgan fingerprint density at radius 2 is 1.82 bits per heavy atom. The van der Waals surface area contributed by atoms with Gasteiger partial charge in [-0.1, -0.05) is 0 Å². The Balaban J connectivity index is 2.33. The van der Waals surface area contributed by atoms with Crippen LogP contribution in [0.15, 0.2) is 0 Å². The van der Waals surface area contributed by atoms with Crippen LogP contribution >= 0.6 is 0 Å². The third kappa shape index (κ3) is 4.22. The van der Waals surface area contributed by atoms with Crippen LogP contribution < -0.4 is 5.73 Å². The molecule has 1 rings (SSSR count). The van der Waals surface area contributed by atoms with Crippen LogP contribution in [0.1, 0.15) is 12.8 Å². The van der Waals surface area contributed by atoms with Crippen LogP contribution in [0.5, 0.6) is 0 Å². The summed E-state index contributed by atoms with van der Waals surface area (Å²) in [4.78, 5) is 23.1. The number of rotatable bonds is 2. The molecule has 8 heteroatoms. The molecule has 1 heterocycles. The zero-order valence-electron chi connectivity index (χ0n) is 9.00. The summed E-state index contributed by atoms with van der Waals surface area (Å²) in [6.45, 7) is -0.124. The number of likely N-dealkylation sites (tertiary alicyclic amines) is 1. The molecule has 0 radical (unpaired) electrons. The van der Waals surface area contributed by atoms with Gasteiger partial charge in [-0.2, -0.15) is 13.2 Å². The highest BCUT2D eigenvalue weighted by Crippen LogP contribution is 2.16. The van der Waals surface area contributed by atoms with Gasteiger partial charge >= 0.3 is 12.1 Å². The van der Waals surface area contributed by atoms with Crippen molar-refractivity contribution in [1.29, 1.82) is 0 Å². The lowest BCUT2D eigenvalue weighted by atomic mass is 10.1. The van der Waals surface area contributed by atoms with Gasteiger partial charge in [-0.25, -0.2) is 4.79 Å². The molecule has 0 spiro atoms. The summed E-state index contributed by atoms with van der Waals surface area (Å²) in [6.07, 6.45) is -3.87. The van der Waals surface area contributed by atoms with Crippen LogP contribution in [-0.2, 0) is 14.3 Å². The molecule has 1 amide bonds. The van der Waals surface area contributed by atoms with E-state index in [4.69, 9.17) is 5.73 Å². The average molecular weight is 254 g/mol. The number of amides is 1. The van der Waals surface area contributed by atoms with Crippen LogP contribution in [0.25, 0.3) is 0 Å². The molecular weight excluding hydrogens is 241 g/mol. The molecule has 0 bridgehead atoms. The SMILES string of the molecule is NC1CCN(C(=O)COC(=O)C(F)(F)F)CC1. The Kier molecular flexibility index (Phi) is 4.33. The lowest BCUT2D eigenvalue weighted by Crippen LogP contribution is -2.44. The van der Waals surface area contributed by atoms with Crippen LogP contribution in [-0.4, -0.2) is 48.7 Å². The minimum Gasteiger partial charge on any atom is -0.449 e. The van der Waals surface area contributed by atoms with Crippen LogP contribution in [0, 0.1) is 0 Å². The molecule has 1 fully saturated rings. The molecule has 1 aliphatic heterocycles. The normalized spacial score (nSPS) is 18.0. The maximum atomic E-state index is 11.8. The van der Waals surface area contributed by atoms with Crippen LogP contribution in [0.2, 0.25) is 0 Å². The van der Waals surface area contributed by atoms with E-state index in [-0.39, 0.29) is 6.04 Å².